The number of para-hydroxylation sites is 1. The van der Waals surface area contributed by atoms with E-state index in [1.54, 1.807) is 0 Å². The molecule has 0 aliphatic carbocycles. The monoisotopic (exact) mass is 566 g/mol. The van der Waals surface area contributed by atoms with E-state index in [0.717, 1.165) is 0 Å². The summed E-state index contributed by atoms with van der Waals surface area (Å²) in [5.41, 5.74) is 1.31. The summed E-state index contributed by atoms with van der Waals surface area (Å²) in [7, 11) is 0. The van der Waals surface area contributed by atoms with Crippen LogP contribution in [0.25, 0.3) is 5.69 Å². The molecule has 0 spiro atoms. The van der Waals surface area contributed by atoms with Crippen molar-refractivity contribution < 1.29 is 4.57 Å². The first-order valence-corrected chi connectivity index (χ1v) is 18.5. The van der Waals surface area contributed by atoms with Gasteiger partial charge in [0.25, 0.3) is 5.82 Å². The summed E-state index contributed by atoms with van der Waals surface area (Å²) in [5, 5.41) is 0. The fourth-order valence-corrected chi connectivity index (χ4v) is 6.35. The van der Waals surface area contributed by atoms with E-state index < -0.39 is 0 Å². The zero-order chi connectivity index (χ0) is 29.1. The van der Waals surface area contributed by atoms with Crippen molar-refractivity contribution in [3.05, 3.63) is 48.5 Å². The number of aryl methyl sites for hydroxylation is 1. The van der Waals surface area contributed by atoms with Crippen LogP contribution in [0.2, 0.25) is 0 Å². The minimum Gasteiger partial charge on any atom is -0.234 e. The predicted molar refractivity (Wildman–Crippen MR) is 181 cm³/mol. The minimum absolute atomic E-state index is 1.17. The Morgan fingerprint density at radius 2 is 0.854 bits per heavy atom. The first-order valence-electron chi connectivity index (χ1n) is 18.5. The SMILES string of the molecule is CCCCCCCCCCCCCCCCCC[n+]1ccn(-c2ccccc2)c1CCCCCCCCCCCC. The van der Waals surface area contributed by atoms with Crippen LogP contribution in [0.3, 0.4) is 0 Å². The Balaban J connectivity index is 1.57. The second-order valence-electron chi connectivity index (χ2n) is 12.8. The van der Waals surface area contributed by atoms with E-state index in [1.807, 2.05) is 0 Å². The lowest BCUT2D eigenvalue weighted by atomic mass is 10.0. The van der Waals surface area contributed by atoms with Crippen molar-refractivity contribution in [1.29, 1.82) is 0 Å². The first-order chi connectivity index (χ1) is 20.4. The molecule has 0 unspecified atom stereocenters. The Bertz CT molecular complexity index is 808. The molecule has 2 nitrogen and oxygen atoms in total. The van der Waals surface area contributed by atoms with Crippen molar-refractivity contribution in [2.75, 3.05) is 0 Å². The summed E-state index contributed by atoms with van der Waals surface area (Å²) in [5.74, 6) is 1.50. The molecule has 2 heteroatoms. The van der Waals surface area contributed by atoms with Crippen LogP contribution in [0.15, 0.2) is 42.7 Å². The van der Waals surface area contributed by atoms with Crippen molar-refractivity contribution in [3.8, 4) is 5.69 Å². The molecule has 1 aromatic heterocycles. The standard InChI is InChI=1S/C39H69N2/c1-3-5-7-9-11-13-15-16-17-18-19-20-22-24-26-31-35-40-36-37-41(38-32-28-27-29-33-38)39(40)34-30-25-23-21-14-12-10-8-6-4-2/h27-29,32-33,36-37H,3-26,30-31,34-35H2,1-2H3/q+1. The van der Waals surface area contributed by atoms with E-state index in [1.165, 1.54) is 191 Å². The second kappa shape index (κ2) is 26.1. The van der Waals surface area contributed by atoms with Gasteiger partial charge in [-0.25, -0.2) is 4.57 Å². The zero-order valence-electron chi connectivity index (χ0n) is 27.7. The Hall–Kier alpha value is -1.57. The predicted octanol–water partition coefficient (Wildman–Crippen LogP) is 12.5. The molecule has 0 N–H and O–H groups in total. The maximum absolute atomic E-state index is 2.56. The van der Waals surface area contributed by atoms with Crippen LogP contribution in [0.5, 0.6) is 0 Å². The molecule has 0 bridgehead atoms. The smallest absolute Gasteiger partial charge is 0.234 e. The number of hydrogen-bond acceptors (Lipinski definition) is 0. The molecular weight excluding hydrogens is 496 g/mol. The Morgan fingerprint density at radius 3 is 1.29 bits per heavy atom. The van der Waals surface area contributed by atoms with Gasteiger partial charge in [-0.3, -0.25) is 0 Å². The number of rotatable bonds is 29. The maximum Gasteiger partial charge on any atom is 0.261 e. The average molecular weight is 566 g/mol. The van der Waals surface area contributed by atoms with Gasteiger partial charge >= 0.3 is 0 Å². The van der Waals surface area contributed by atoms with E-state index in [2.05, 4.69) is 65.7 Å². The zero-order valence-corrected chi connectivity index (χ0v) is 27.7. The molecular formula is C39H69N2+. The summed E-state index contributed by atoms with van der Waals surface area (Å²) < 4.78 is 5.00. The number of imidazole rings is 1. The van der Waals surface area contributed by atoms with Crippen LogP contribution in [0.1, 0.15) is 187 Å². The Kier molecular flexibility index (Phi) is 22.7. The molecule has 0 amide bonds. The topological polar surface area (TPSA) is 8.81 Å². The van der Waals surface area contributed by atoms with E-state index in [9.17, 15) is 0 Å². The van der Waals surface area contributed by atoms with E-state index in [4.69, 9.17) is 0 Å². The number of hydrogen-bond donors (Lipinski definition) is 0. The molecule has 0 atom stereocenters. The highest BCUT2D eigenvalue weighted by Crippen LogP contribution is 2.16. The summed E-state index contributed by atoms with van der Waals surface area (Å²) in [6.07, 6.45) is 42.8. The normalized spacial score (nSPS) is 11.5. The summed E-state index contributed by atoms with van der Waals surface area (Å²) in [6, 6.07) is 11.0. The van der Waals surface area contributed by atoms with Gasteiger partial charge in [-0.15, -0.1) is 0 Å². The highest BCUT2D eigenvalue weighted by atomic mass is 15.1. The quantitative estimate of drug-likeness (QED) is 0.0685. The summed E-state index contributed by atoms with van der Waals surface area (Å²) in [4.78, 5) is 0. The molecule has 0 aliphatic heterocycles. The molecule has 1 heterocycles. The highest BCUT2D eigenvalue weighted by molar-refractivity contribution is 5.31. The van der Waals surface area contributed by atoms with Crippen LogP contribution < -0.4 is 4.57 Å². The fraction of sp³-hybridized carbons (Fsp3) is 0.769. The van der Waals surface area contributed by atoms with Gasteiger partial charge in [-0.05, 0) is 31.4 Å². The lowest BCUT2D eigenvalue weighted by Crippen LogP contribution is -2.37. The molecule has 41 heavy (non-hydrogen) atoms. The number of nitrogens with zero attached hydrogens (tertiary/aromatic N) is 2. The van der Waals surface area contributed by atoms with Crippen LogP contribution in [0, 0.1) is 0 Å². The van der Waals surface area contributed by atoms with Gasteiger partial charge in [0.1, 0.15) is 18.1 Å². The van der Waals surface area contributed by atoms with Crippen LogP contribution in [-0.2, 0) is 13.0 Å². The lowest BCUT2D eigenvalue weighted by Gasteiger charge is -2.07. The number of aromatic nitrogens is 2. The second-order valence-corrected chi connectivity index (χ2v) is 12.8. The molecule has 1 aromatic carbocycles. The van der Waals surface area contributed by atoms with E-state index >= 15 is 0 Å². The van der Waals surface area contributed by atoms with E-state index in [0.29, 0.717) is 0 Å². The van der Waals surface area contributed by atoms with Crippen molar-refractivity contribution in [1.82, 2.24) is 4.57 Å². The molecule has 234 valence electrons. The average Bonchev–Trinajstić information content (AvgIpc) is 3.40. The van der Waals surface area contributed by atoms with Crippen molar-refractivity contribution in [3.63, 3.8) is 0 Å². The van der Waals surface area contributed by atoms with Gasteiger partial charge in [0.05, 0.1) is 6.54 Å². The van der Waals surface area contributed by atoms with Gasteiger partial charge in [0.15, 0.2) is 0 Å². The van der Waals surface area contributed by atoms with Crippen LogP contribution in [-0.4, -0.2) is 4.57 Å². The molecule has 0 aliphatic rings. The third-order valence-corrected chi connectivity index (χ3v) is 9.05. The van der Waals surface area contributed by atoms with E-state index in [-0.39, 0.29) is 0 Å². The molecule has 0 radical (unpaired) electrons. The van der Waals surface area contributed by atoms with Gasteiger partial charge < -0.3 is 0 Å². The number of benzene rings is 1. The molecule has 0 fully saturated rings. The molecule has 0 saturated heterocycles. The third-order valence-electron chi connectivity index (χ3n) is 9.05. The molecule has 2 rings (SSSR count). The van der Waals surface area contributed by atoms with Crippen LogP contribution in [0.4, 0.5) is 0 Å². The maximum atomic E-state index is 2.56. The Morgan fingerprint density at radius 1 is 0.463 bits per heavy atom. The lowest BCUT2D eigenvalue weighted by molar-refractivity contribution is -0.704. The van der Waals surface area contributed by atoms with Crippen molar-refractivity contribution in [2.45, 2.75) is 194 Å². The van der Waals surface area contributed by atoms with Gasteiger partial charge in [-0.2, -0.15) is 4.57 Å². The third kappa shape index (κ3) is 17.9. The van der Waals surface area contributed by atoms with Crippen molar-refractivity contribution >= 4 is 0 Å². The van der Waals surface area contributed by atoms with Crippen molar-refractivity contribution in [2.24, 2.45) is 0 Å². The number of unbranched alkanes of at least 4 members (excludes halogenated alkanes) is 24. The van der Waals surface area contributed by atoms with Crippen LogP contribution >= 0.6 is 0 Å². The summed E-state index contributed by atoms with van der Waals surface area (Å²) in [6.45, 7) is 5.78. The summed E-state index contributed by atoms with van der Waals surface area (Å²) >= 11 is 0. The van der Waals surface area contributed by atoms with Gasteiger partial charge in [-0.1, -0.05) is 180 Å². The largest absolute Gasteiger partial charge is 0.261 e. The first kappa shape index (κ1) is 35.6. The van der Waals surface area contributed by atoms with Gasteiger partial charge in [0, 0.05) is 6.42 Å². The van der Waals surface area contributed by atoms with Gasteiger partial charge in [0.2, 0.25) is 0 Å². The Labute approximate surface area is 256 Å². The minimum atomic E-state index is 1.17. The molecule has 0 saturated carbocycles. The molecule has 2 aromatic rings. The highest BCUT2D eigenvalue weighted by Gasteiger charge is 2.18. The fourth-order valence-electron chi connectivity index (χ4n) is 6.35.